The van der Waals surface area contributed by atoms with E-state index in [1.165, 1.54) is 35.2 Å². The summed E-state index contributed by atoms with van der Waals surface area (Å²) in [5, 5.41) is 3.44. The van der Waals surface area contributed by atoms with Crippen molar-refractivity contribution in [1.82, 2.24) is 10.3 Å². The lowest BCUT2D eigenvalue weighted by molar-refractivity contribution is -0.145. The van der Waals surface area contributed by atoms with Crippen molar-refractivity contribution in [2.45, 2.75) is 18.7 Å². The number of amides is 1. The van der Waals surface area contributed by atoms with Crippen LogP contribution in [-0.4, -0.2) is 49.9 Å². The van der Waals surface area contributed by atoms with Crippen LogP contribution in [-0.2, 0) is 20.4 Å². The third kappa shape index (κ3) is 5.29. The molecule has 35 heavy (non-hydrogen) atoms. The zero-order chi connectivity index (χ0) is 25.2. The van der Waals surface area contributed by atoms with E-state index in [-0.39, 0.29) is 36.2 Å². The Kier molecular flexibility index (Phi) is 6.79. The number of alkyl halides is 3. The molecule has 1 saturated heterocycles. The number of benzene rings is 2. The summed E-state index contributed by atoms with van der Waals surface area (Å²) in [6.45, 7) is 0.476. The fourth-order valence-electron chi connectivity index (χ4n) is 3.83. The average molecular weight is 489 g/mol. The van der Waals surface area contributed by atoms with Gasteiger partial charge < -0.3 is 19.8 Å². The van der Waals surface area contributed by atoms with E-state index in [1.54, 1.807) is 19.2 Å². The maximum absolute atomic E-state index is 13.4. The molecule has 11 heteroatoms. The number of nitrogens with one attached hydrogen (secondary N) is 2. The lowest BCUT2D eigenvalue weighted by atomic mass is 10.0. The number of aromatic amines is 1. The van der Waals surface area contributed by atoms with Gasteiger partial charge in [0.15, 0.2) is 6.10 Å². The van der Waals surface area contributed by atoms with Crippen molar-refractivity contribution in [2.75, 3.05) is 31.6 Å². The Morgan fingerprint density at radius 3 is 2.71 bits per heavy atom. The van der Waals surface area contributed by atoms with Crippen LogP contribution in [0.15, 0.2) is 53.3 Å². The molecule has 1 atom stereocenters. The molecule has 2 heterocycles. The van der Waals surface area contributed by atoms with Crippen LogP contribution in [0.2, 0.25) is 0 Å². The number of esters is 1. The number of hydrogen-bond donors (Lipinski definition) is 2. The predicted molar refractivity (Wildman–Crippen MR) is 122 cm³/mol. The highest BCUT2D eigenvalue weighted by Crippen LogP contribution is 2.36. The van der Waals surface area contributed by atoms with Crippen molar-refractivity contribution in [1.29, 1.82) is 0 Å². The van der Waals surface area contributed by atoms with Gasteiger partial charge in [-0.1, -0.05) is 24.3 Å². The van der Waals surface area contributed by atoms with Gasteiger partial charge in [-0.25, -0.2) is 4.79 Å². The molecule has 0 spiro atoms. The van der Waals surface area contributed by atoms with Crippen molar-refractivity contribution in [2.24, 2.45) is 0 Å². The van der Waals surface area contributed by atoms with Crippen LogP contribution in [0.3, 0.4) is 0 Å². The van der Waals surface area contributed by atoms with Gasteiger partial charge in [0.25, 0.3) is 5.56 Å². The van der Waals surface area contributed by atoms with E-state index in [9.17, 15) is 27.6 Å². The number of halogens is 3. The molecule has 1 fully saturated rings. The van der Waals surface area contributed by atoms with Crippen LogP contribution in [0.5, 0.6) is 0 Å². The molecule has 2 N–H and O–H groups in total. The van der Waals surface area contributed by atoms with Gasteiger partial charge in [-0.05, 0) is 36.7 Å². The number of rotatable bonds is 7. The van der Waals surface area contributed by atoms with Gasteiger partial charge in [0.2, 0.25) is 0 Å². The van der Waals surface area contributed by atoms with Gasteiger partial charge in [0, 0.05) is 28.9 Å². The molecule has 0 unspecified atom stereocenters. The number of aromatic nitrogens is 1. The molecular formula is C24H22F3N3O5. The number of carbonyl (C=O) groups excluding carboxylic acids is 2. The first kappa shape index (κ1) is 24.3. The molecule has 2 aromatic carbocycles. The highest BCUT2D eigenvalue weighted by atomic mass is 19.4. The van der Waals surface area contributed by atoms with Gasteiger partial charge in [-0.15, -0.1) is 0 Å². The summed E-state index contributed by atoms with van der Waals surface area (Å²) in [4.78, 5) is 40.6. The number of pyridine rings is 1. The van der Waals surface area contributed by atoms with E-state index in [1.807, 2.05) is 0 Å². The van der Waals surface area contributed by atoms with Gasteiger partial charge in [0.05, 0.1) is 18.5 Å². The standard InChI is InChI=1S/C24H22F3N3O5/c1-28-9-8-21(31)34-13-16-12-30(23(33)35-16)15-7-6-14-10-20(29-22(32)18(14)11-15)17-4-2-3-5-19(17)24(25,26)27/h2-7,10-11,16,28H,8-9,12-13H2,1H3,(H,29,32)/t16-/m1/s1. The lowest BCUT2D eigenvalue weighted by Crippen LogP contribution is -2.27. The van der Waals surface area contributed by atoms with Crippen molar-refractivity contribution in [3.8, 4) is 11.3 Å². The van der Waals surface area contributed by atoms with Crippen LogP contribution < -0.4 is 15.8 Å². The van der Waals surface area contributed by atoms with Gasteiger partial charge in [0.1, 0.15) is 6.61 Å². The molecule has 0 radical (unpaired) electrons. The number of nitrogens with zero attached hydrogens (tertiary/aromatic N) is 1. The summed E-state index contributed by atoms with van der Waals surface area (Å²) in [7, 11) is 1.71. The molecule has 1 aliphatic heterocycles. The number of H-pyrrole nitrogens is 1. The molecule has 3 aromatic rings. The third-order valence-corrected chi connectivity index (χ3v) is 5.55. The quantitative estimate of drug-likeness (QED) is 0.491. The Morgan fingerprint density at radius 2 is 1.97 bits per heavy atom. The second-order valence-electron chi connectivity index (χ2n) is 7.98. The Balaban J connectivity index is 1.57. The highest BCUT2D eigenvalue weighted by Gasteiger charge is 2.34. The number of fused-ring (bicyclic) bond motifs is 1. The van der Waals surface area contributed by atoms with Crippen LogP contribution in [0.1, 0.15) is 12.0 Å². The topological polar surface area (TPSA) is 101 Å². The highest BCUT2D eigenvalue weighted by molar-refractivity contribution is 5.94. The largest absolute Gasteiger partial charge is 0.462 e. The summed E-state index contributed by atoms with van der Waals surface area (Å²) >= 11 is 0. The summed E-state index contributed by atoms with van der Waals surface area (Å²) in [6.07, 6.45) is -5.73. The van der Waals surface area contributed by atoms with Crippen molar-refractivity contribution < 1.29 is 32.2 Å². The first-order valence-electron chi connectivity index (χ1n) is 10.8. The zero-order valence-electron chi connectivity index (χ0n) is 18.6. The predicted octanol–water partition coefficient (Wildman–Crippen LogP) is 3.69. The number of carbonyl (C=O) groups is 2. The van der Waals surface area contributed by atoms with Crippen LogP contribution in [0, 0.1) is 0 Å². The van der Waals surface area contributed by atoms with E-state index in [2.05, 4.69) is 10.3 Å². The second-order valence-corrected chi connectivity index (χ2v) is 7.98. The fraction of sp³-hybridized carbons (Fsp3) is 0.292. The monoisotopic (exact) mass is 489 g/mol. The van der Waals surface area contributed by atoms with Crippen molar-refractivity contribution in [3.05, 3.63) is 64.4 Å². The first-order chi connectivity index (χ1) is 16.7. The lowest BCUT2D eigenvalue weighted by Gasteiger charge is -2.15. The van der Waals surface area contributed by atoms with E-state index in [4.69, 9.17) is 9.47 Å². The van der Waals surface area contributed by atoms with E-state index in [0.29, 0.717) is 17.6 Å². The molecule has 0 saturated carbocycles. The first-order valence-corrected chi connectivity index (χ1v) is 10.8. The zero-order valence-corrected chi connectivity index (χ0v) is 18.6. The van der Waals surface area contributed by atoms with Crippen LogP contribution in [0.25, 0.3) is 22.0 Å². The van der Waals surface area contributed by atoms with E-state index < -0.39 is 35.5 Å². The molecule has 1 aliphatic rings. The molecule has 184 valence electrons. The summed E-state index contributed by atoms with van der Waals surface area (Å²) in [5.41, 5.74) is -1.19. The van der Waals surface area contributed by atoms with Crippen molar-refractivity contribution in [3.63, 3.8) is 0 Å². The molecule has 0 aliphatic carbocycles. The Hall–Kier alpha value is -3.86. The molecule has 1 amide bonds. The number of anilines is 1. The minimum absolute atomic E-state index is 0.0314. The summed E-state index contributed by atoms with van der Waals surface area (Å²) in [6, 6.07) is 11.0. The minimum Gasteiger partial charge on any atom is -0.462 e. The van der Waals surface area contributed by atoms with E-state index >= 15 is 0 Å². The SMILES string of the molecule is CNCCC(=O)OC[C@H]1CN(c2ccc3cc(-c4ccccc4C(F)(F)F)[nH]c(=O)c3c2)C(=O)O1. The Bertz CT molecular complexity index is 1320. The summed E-state index contributed by atoms with van der Waals surface area (Å²) < 4.78 is 50.6. The fourth-order valence-corrected chi connectivity index (χ4v) is 3.83. The second kappa shape index (κ2) is 9.79. The normalized spacial score (nSPS) is 15.9. The Morgan fingerprint density at radius 1 is 1.20 bits per heavy atom. The van der Waals surface area contributed by atoms with Gasteiger partial charge >= 0.3 is 18.2 Å². The Labute approximate surface area is 197 Å². The number of hydrogen-bond acceptors (Lipinski definition) is 6. The molecular weight excluding hydrogens is 467 g/mol. The smallest absolute Gasteiger partial charge is 0.417 e. The van der Waals surface area contributed by atoms with Gasteiger partial charge in [-0.2, -0.15) is 13.2 Å². The van der Waals surface area contributed by atoms with Crippen LogP contribution >= 0.6 is 0 Å². The molecule has 4 rings (SSSR count). The number of cyclic esters (lactones) is 1. The summed E-state index contributed by atoms with van der Waals surface area (Å²) in [5.74, 6) is -0.422. The van der Waals surface area contributed by atoms with Crippen molar-refractivity contribution >= 4 is 28.5 Å². The van der Waals surface area contributed by atoms with E-state index in [0.717, 1.165) is 6.07 Å². The number of ether oxygens (including phenoxy) is 2. The van der Waals surface area contributed by atoms with Crippen LogP contribution in [0.4, 0.5) is 23.7 Å². The van der Waals surface area contributed by atoms with Gasteiger partial charge in [-0.3, -0.25) is 14.5 Å². The average Bonchev–Trinajstić information content (AvgIpc) is 3.21. The molecule has 8 nitrogen and oxygen atoms in total. The molecule has 1 aromatic heterocycles. The maximum Gasteiger partial charge on any atom is 0.417 e. The maximum atomic E-state index is 13.4. The third-order valence-electron chi connectivity index (χ3n) is 5.55. The minimum atomic E-state index is -4.58. The molecule has 0 bridgehead atoms.